The van der Waals surface area contributed by atoms with Crippen LogP contribution < -0.4 is 15.4 Å². The number of anilines is 2. The van der Waals surface area contributed by atoms with E-state index in [0.717, 1.165) is 17.7 Å². The molecule has 0 bridgehead atoms. The molecule has 0 spiro atoms. The van der Waals surface area contributed by atoms with Gasteiger partial charge in [-0.05, 0) is 30.2 Å². The van der Waals surface area contributed by atoms with Crippen molar-refractivity contribution in [2.24, 2.45) is 0 Å². The molecule has 7 heteroatoms. The fourth-order valence-corrected chi connectivity index (χ4v) is 2.44. The van der Waals surface area contributed by atoms with Gasteiger partial charge in [0.15, 0.2) is 5.82 Å². The Hall–Kier alpha value is -3.22. The number of nitrogens with one attached hydrogen (secondary N) is 2. The molecule has 0 amide bonds. The SMILES string of the molecule is COc1cccc(CCNc2nncc(NCc3ccccc3F)n2)c1. The summed E-state index contributed by atoms with van der Waals surface area (Å²) >= 11 is 0. The van der Waals surface area contributed by atoms with Crippen molar-refractivity contribution >= 4 is 11.8 Å². The third-order valence-corrected chi connectivity index (χ3v) is 3.81. The van der Waals surface area contributed by atoms with Crippen molar-refractivity contribution in [1.29, 1.82) is 0 Å². The first-order valence-electron chi connectivity index (χ1n) is 8.28. The number of hydrogen-bond donors (Lipinski definition) is 2. The Kier molecular flexibility index (Phi) is 5.92. The molecule has 0 aliphatic rings. The van der Waals surface area contributed by atoms with E-state index >= 15 is 0 Å². The van der Waals surface area contributed by atoms with Crippen LogP contribution in [0.2, 0.25) is 0 Å². The summed E-state index contributed by atoms with van der Waals surface area (Å²) in [6.07, 6.45) is 2.31. The minimum Gasteiger partial charge on any atom is -0.497 e. The van der Waals surface area contributed by atoms with Crippen molar-refractivity contribution in [3.63, 3.8) is 0 Å². The van der Waals surface area contributed by atoms with Gasteiger partial charge in [-0.2, -0.15) is 10.1 Å². The molecule has 0 unspecified atom stereocenters. The zero-order valence-corrected chi connectivity index (χ0v) is 14.4. The molecule has 134 valence electrons. The van der Waals surface area contributed by atoms with Crippen molar-refractivity contribution < 1.29 is 9.13 Å². The molecule has 26 heavy (non-hydrogen) atoms. The van der Waals surface area contributed by atoms with E-state index in [1.165, 1.54) is 12.3 Å². The second kappa shape index (κ2) is 8.75. The first-order chi connectivity index (χ1) is 12.7. The molecule has 0 saturated heterocycles. The number of methoxy groups -OCH3 is 1. The van der Waals surface area contributed by atoms with E-state index in [9.17, 15) is 4.39 Å². The highest BCUT2D eigenvalue weighted by atomic mass is 19.1. The van der Waals surface area contributed by atoms with Gasteiger partial charge < -0.3 is 15.4 Å². The lowest BCUT2D eigenvalue weighted by Gasteiger charge is -2.09. The van der Waals surface area contributed by atoms with E-state index in [1.807, 2.05) is 24.3 Å². The molecule has 0 aliphatic carbocycles. The van der Waals surface area contributed by atoms with E-state index in [2.05, 4.69) is 25.8 Å². The Morgan fingerprint density at radius 3 is 2.81 bits per heavy atom. The highest BCUT2D eigenvalue weighted by molar-refractivity contribution is 5.38. The second-order valence-corrected chi connectivity index (χ2v) is 5.64. The molecule has 2 aromatic carbocycles. The Morgan fingerprint density at radius 1 is 1.08 bits per heavy atom. The summed E-state index contributed by atoms with van der Waals surface area (Å²) < 4.78 is 18.9. The van der Waals surface area contributed by atoms with E-state index in [0.29, 0.717) is 30.4 Å². The lowest BCUT2D eigenvalue weighted by Crippen LogP contribution is -2.11. The van der Waals surface area contributed by atoms with Crippen LogP contribution >= 0.6 is 0 Å². The number of rotatable bonds is 8. The molecular weight excluding hydrogens is 333 g/mol. The highest BCUT2D eigenvalue weighted by Gasteiger charge is 2.04. The van der Waals surface area contributed by atoms with Gasteiger partial charge >= 0.3 is 0 Å². The van der Waals surface area contributed by atoms with E-state index < -0.39 is 0 Å². The first kappa shape index (κ1) is 17.6. The molecular formula is C19H20FN5O. The van der Waals surface area contributed by atoms with Crippen LogP contribution in [0.25, 0.3) is 0 Å². The maximum atomic E-state index is 13.6. The van der Waals surface area contributed by atoms with Gasteiger partial charge in [0, 0.05) is 18.7 Å². The largest absolute Gasteiger partial charge is 0.497 e. The predicted molar refractivity (Wildman–Crippen MR) is 98.7 cm³/mol. The summed E-state index contributed by atoms with van der Waals surface area (Å²) in [5.41, 5.74) is 1.72. The predicted octanol–water partition coefficient (Wildman–Crippen LogP) is 3.29. The van der Waals surface area contributed by atoms with Crippen LogP contribution in [0, 0.1) is 5.82 Å². The van der Waals surface area contributed by atoms with E-state index in [-0.39, 0.29) is 5.82 Å². The molecule has 0 radical (unpaired) electrons. The monoisotopic (exact) mass is 353 g/mol. The van der Waals surface area contributed by atoms with Gasteiger partial charge in [0.25, 0.3) is 0 Å². The maximum absolute atomic E-state index is 13.6. The van der Waals surface area contributed by atoms with Gasteiger partial charge in [-0.1, -0.05) is 30.3 Å². The number of ether oxygens (including phenoxy) is 1. The zero-order valence-electron chi connectivity index (χ0n) is 14.4. The molecule has 0 fully saturated rings. The summed E-state index contributed by atoms with van der Waals surface area (Å²) in [5.74, 6) is 1.54. The Labute approximate surface area is 151 Å². The molecule has 0 saturated carbocycles. The third-order valence-electron chi connectivity index (χ3n) is 3.81. The highest BCUT2D eigenvalue weighted by Crippen LogP contribution is 2.13. The van der Waals surface area contributed by atoms with Gasteiger partial charge in [0.2, 0.25) is 5.95 Å². The third kappa shape index (κ3) is 4.89. The summed E-state index contributed by atoms with van der Waals surface area (Å²) in [4.78, 5) is 4.34. The van der Waals surface area contributed by atoms with Gasteiger partial charge in [-0.3, -0.25) is 0 Å². The average molecular weight is 353 g/mol. The van der Waals surface area contributed by atoms with Crippen LogP contribution in [0.5, 0.6) is 5.75 Å². The van der Waals surface area contributed by atoms with Crippen molar-refractivity contribution in [2.45, 2.75) is 13.0 Å². The summed E-state index contributed by atoms with van der Waals surface area (Å²) in [6, 6.07) is 14.5. The second-order valence-electron chi connectivity index (χ2n) is 5.64. The fraction of sp³-hybridized carbons (Fsp3) is 0.211. The van der Waals surface area contributed by atoms with Crippen molar-refractivity contribution in [2.75, 3.05) is 24.3 Å². The van der Waals surface area contributed by atoms with Gasteiger partial charge in [0.05, 0.1) is 13.3 Å². The van der Waals surface area contributed by atoms with Gasteiger partial charge in [-0.15, -0.1) is 5.10 Å². The van der Waals surface area contributed by atoms with Crippen LogP contribution in [-0.4, -0.2) is 28.8 Å². The quantitative estimate of drug-likeness (QED) is 0.647. The molecule has 3 rings (SSSR count). The number of aromatic nitrogens is 3. The lowest BCUT2D eigenvalue weighted by atomic mass is 10.1. The minimum absolute atomic E-state index is 0.251. The Balaban J connectivity index is 1.53. The maximum Gasteiger partial charge on any atom is 0.244 e. The standard InChI is InChI=1S/C19H20FN5O/c1-26-16-7-4-5-14(11-16)9-10-21-19-24-18(13-23-25-19)22-12-15-6-2-3-8-17(15)20/h2-8,11,13H,9-10,12H2,1H3,(H2,21,22,24,25). The Bertz CT molecular complexity index is 859. The Morgan fingerprint density at radius 2 is 1.96 bits per heavy atom. The van der Waals surface area contributed by atoms with E-state index in [4.69, 9.17) is 4.74 Å². The van der Waals surface area contributed by atoms with Crippen LogP contribution in [0.3, 0.4) is 0 Å². The summed E-state index contributed by atoms with van der Waals surface area (Å²) in [7, 11) is 1.65. The number of benzene rings is 2. The van der Waals surface area contributed by atoms with Gasteiger partial charge in [0.1, 0.15) is 11.6 Å². The molecule has 6 nitrogen and oxygen atoms in total. The normalized spacial score (nSPS) is 10.4. The molecule has 0 aliphatic heterocycles. The number of hydrogen-bond acceptors (Lipinski definition) is 6. The lowest BCUT2D eigenvalue weighted by molar-refractivity contribution is 0.414. The number of nitrogens with zero attached hydrogens (tertiary/aromatic N) is 3. The minimum atomic E-state index is -0.251. The van der Waals surface area contributed by atoms with Crippen LogP contribution in [-0.2, 0) is 13.0 Å². The first-order valence-corrected chi connectivity index (χ1v) is 8.28. The van der Waals surface area contributed by atoms with Crippen molar-refractivity contribution in [3.05, 3.63) is 71.7 Å². The smallest absolute Gasteiger partial charge is 0.244 e. The molecule has 1 aromatic heterocycles. The van der Waals surface area contributed by atoms with E-state index in [1.54, 1.807) is 25.3 Å². The summed E-state index contributed by atoms with van der Waals surface area (Å²) in [6.45, 7) is 0.986. The average Bonchev–Trinajstić information content (AvgIpc) is 2.68. The molecule has 3 aromatic rings. The van der Waals surface area contributed by atoms with Crippen LogP contribution in [0.1, 0.15) is 11.1 Å². The van der Waals surface area contributed by atoms with Gasteiger partial charge in [-0.25, -0.2) is 4.39 Å². The molecule has 2 N–H and O–H groups in total. The topological polar surface area (TPSA) is 72.0 Å². The van der Waals surface area contributed by atoms with Crippen molar-refractivity contribution in [1.82, 2.24) is 15.2 Å². The van der Waals surface area contributed by atoms with Crippen molar-refractivity contribution in [3.8, 4) is 5.75 Å². The fourth-order valence-electron chi connectivity index (χ4n) is 2.44. The van der Waals surface area contributed by atoms with Crippen LogP contribution in [0.4, 0.5) is 16.2 Å². The summed E-state index contributed by atoms with van der Waals surface area (Å²) in [5, 5.41) is 14.1. The zero-order chi connectivity index (χ0) is 18.2. The molecule has 1 heterocycles. The van der Waals surface area contributed by atoms with Crippen LogP contribution in [0.15, 0.2) is 54.7 Å². The number of halogens is 1. The molecule has 0 atom stereocenters.